The minimum atomic E-state index is -0.496. The number of nitrogens with zero attached hydrogens (tertiary/aromatic N) is 1. The molecular formula is C15H28N2O2S. The van der Waals surface area contributed by atoms with E-state index in [1.54, 1.807) is 17.5 Å². The first-order valence-electron chi connectivity index (χ1n) is 7.26. The third-order valence-corrected chi connectivity index (χ3v) is 4.22. The summed E-state index contributed by atoms with van der Waals surface area (Å²) >= 11 is 1.62. The van der Waals surface area contributed by atoms with Crippen LogP contribution in [0.1, 0.15) is 46.0 Å². The highest BCUT2D eigenvalue weighted by Gasteiger charge is 2.23. The fourth-order valence-corrected chi connectivity index (χ4v) is 2.79. The molecule has 0 aliphatic heterocycles. The SMILES string of the molecule is CC(C)CC(C)OCC(O)CNC(C)(C)c1nccs1. The fourth-order valence-electron chi connectivity index (χ4n) is 2.05. The van der Waals surface area contributed by atoms with Gasteiger partial charge in [-0.05, 0) is 33.1 Å². The molecular weight excluding hydrogens is 272 g/mol. The second-order valence-corrected chi connectivity index (χ2v) is 7.17. The van der Waals surface area contributed by atoms with Crippen LogP contribution in [0.5, 0.6) is 0 Å². The Hall–Kier alpha value is -0.490. The van der Waals surface area contributed by atoms with Crippen molar-refractivity contribution in [2.24, 2.45) is 5.92 Å². The molecule has 1 rings (SSSR count). The Morgan fingerprint density at radius 2 is 2.10 bits per heavy atom. The molecule has 2 N–H and O–H groups in total. The molecule has 0 aliphatic rings. The topological polar surface area (TPSA) is 54.4 Å². The highest BCUT2D eigenvalue weighted by Crippen LogP contribution is 2.21. The molecule has 2 atom stereocenters. The largest absolute Gasteiger partial charge is 0.389 e. The molecule has 5 heteroatoms. The molecule has 116 valence electrons. The van der Waals surface area contributed by atoms with Crippen LogP contribution in [0.25, 0.3) is 0 Å². The summed E-state index contributed by atoms with van der Waals surface area (Å²) in [7, 11) is 0. The Labute approximate surface area is 126 Å². The van der Waals surface area contributed by atoms with E-state index in [-0.39, 0.29) is 11.6 Å². The van der Waals surface area contributed by atoms with Crippen LogP contribution >= 0.6 is 11.3 Å². The van der Waals surface area contributed by atoms with Gasteiger partial charge in [-0.1, -0.05) is 13.8 Å². The number of aromatic nitrogens is 1. The maximum atomic E-state index is 9.99. The molecule has 0 aliphatic carbocycles. The fraction of sp³-hybridized carbons (Fsp3) is 0.800. The van der Waals surface area contributed by atoms with Crippen molar-refractivity contribution in [3.63, 3.8) is 0 Å². The van der Waals surface area contributed by atoms with Crippen LogP contribution in [0.2, 0.25) is 0 Å². The lowest BCUT2D eigenvalue weighted by Gasteiger charge is -2.26. The summed E-state index contributed by atoms with van der Waals surface area (Å²) in [5, 5.41) is 16.3. The number of aliphatic hydroxyl groups is 1. The Kier molecular flexibility index (Phi) is 7.09. The molecule has 1 aromatic heterocycles. The second-order valence-electron chi connectivity index (χ2n) is 6.27. The summed E-state index contributed by atoms with van der Waals surface area (Å²) < 4.78 is 5.67. The van der Waals surface area contributed by atoms with Gasteiger partial charge < -0.3 is 15.2 Å². The minimum absolute atomic E-state index is 0.191. The van der Waals surface area contributed by atoms with Crippen LogP contribution in [0.3, 0.4) is 0 Å². The zero-order chi connectivity index (χ0) is 15.2. The van der Waals surface area contributed by atoms with Gasteiger partial charge in [0.25, 0.3) is 0 Å². The van der Waals surface area contributed by atoms with Crippen molar-refractivity contribution in [3.05, 3.63) is 16.6 Å². The monoisotopic (exact) mass is 300 g/mol. The predicted octanol–water partition coefficient (Wildman–Crippen LogP) is 2.78. The standard InChI is InChI=1S/C15H28N2O2S/c1-11(2)8-12(3)19-10-13(18)9-17-15(4,5)14-16-6-7-20-14/h6-7,11-13,17-18H,8-10H2,1-5H3. The van der Waals surface area contributed by atoms with Crippen molar-refractivity contribution in [2.45, 2.75) is 58.8 Å². The van der Waals surface area contributed by atoms with Gasteiger partial charge in [-0.15, -0.1) is 11.3 Å². The first-order chi connectivity index (χ1) is 9.31. The Balaban J connectivity index is 2.27. The number of hydrogen-bond donors (Lipinski definition) is 2. The highest BCUT2D eigenvalue weighted by molar-refractivity contribution is 7.09. The normalized spacial score (nSPS) is 15.6. The van der Waals surface area contributed by atoms with E-state index in [4.69, 9.17) is 4.74 Å². The van der Waals surface area contributed by atoms with Crippen molar-refractivity contribution in [2.75, 3.05) is 13.2 Å². The molecule has 0 fully saturated rings. The number of rotatable bonds is 9. The number of nitrogens with one attached hydrogen (secondary N) is 1. The van der Waals surface area contributed by atoms with E-state index in [0.29, 0.717) is 19.1 Å². The molecule has 0 amide bonds. The van der Waals surface area contributed by atoms with Gasteiger partial charge in [0.05, 0.1) is 24.4 Å². The van der Waals surface area contributed by atoms with Crippen LogP contribution in [-0.2, 0) is 10.3 Å². The second kappa shape index (κ2) is 8.08. The van der Waals surface area contributed by atoms with E-state index in [1.165, 1.54) is 0 Å². The van der Waals surface area contributed by atoms with E-state index >= 15 is 0 Å². The molecule has 1 heterocycles. The molecule has 0 bridgehead atoms. The molecule has 0 aromatic carbocycles. The molecule has 0 spiro atoms. The lowest BCUT2D eigenvalue weighted by Crippen LogP contribution is -2.42. The van der Waals surface area contributed by atoms with Crippen molar-refractivity contribution < 1.29 is 9.84 Å². The van der Waals surface area contributed by atoms with Gasteiger partial charge in [0.15, 0.2) is 0 Å². The predicted molar refractivity (Wildman–Crippen MR) is 84.0 cm³/mol. The van der Waals surface area contributed by atoms with Crippen molar-refractivity contribution in [3.8, 4) is 0 Å². The van der Waals surface area contributed by atoms with Gasteiger partial charge in [0, 0.05) is 18.1 Å². The van der Waals surface area contributed by atoms with Crippen LogP contribution < -0.4 is 5.32 Å². The van der Waals surface area contributed by atoms with Gasteiger partial charge in [-0.25, -0.2) is 4.98 Å². The molecule has 1 aromatic rings. The van der Waals surface area contributed by atoms with Crippen molar-refractivity contribution in [1.29, 1.82) is 0 Å². The van der Waals surface area contributed by atoms with E-state index < -0.39 is 6.10 Å². The molecule has 4 nitrogen and oxygen atoms in total. The van der Waals surface area contributed by atoms with Crippen LogP contribution in [0.4, 0.5) is 0 Å². The zero-order valence-corrected chi connectivity index (χ0v) is 14.0. The number of aliphatic hydroxyl groups excluding tert-OH is 1. The minimum Gasteiger partial charge on any atom is -0.389 e. The van der Waals surface area contributed by atoms with Crippen LogP contribution in [-0.4, -0.2) is 35.5 Å². The van der Waals surface area contributed by atoms with Gasteiger partial charge in [0.2, 0.25) is 0 Å². The summed E-state index contributed by atoms with van der Waals surface area (Å²) in [6.45, 7) is 11.4. The Bertz CT molecular complexity index is 366. The number of hydrogen-bond acceptors (Lipinski definition) is 5. The summed E-state index contributed by atoms with van der Waals surface area (Å²) in [4.78, 5) is 4.32. The Morgan fingerprint density at radius 1 is 1.40 bits per heavy atom. The van der Waals surface area contributed by atoms with E-state index in [9.17, 15) is 5.11 Å². The average Bonchev–Trinajstić information content (AvgIpc) is 2.87. The molecule has 0 saturated heterocycles. The van der Waals surface area contributed by atoms with Gasteiger partial charge in [-0.3, -0.25) is 0 Å². The van der Waals surface area contributed by atoms with Gasteiger partial charge in [-0.2, -0.15) is 0 Å². The highest BCUT2D eigenvalue weighted by atomic mass is 32.1. The smallest absolute Gasteiger partial charge is 0.112 e. The Morgan fingerprint density at radius 3 is 2.65 bits per heavy atom. The van der Waals surface area contributed by atoms with Crippen molar-refractivity contribution in [1.82, 2.24) is 10.3 Å². The van der Waals surface area contributed by atoms with E-state index in [0.717, 1.165) is 11.4 Å². The van der Waals surface area contributed by atoms with Crippen LogP contribution in [0, 0.1) is 5.92 Å². The van der Waals surface area contributed by atoms with E-state index in [1.807, 2.05) is 5.38 Å². The average molecular weight is 300 g/mol. The summed E-state index contributed by atoms with van der Waals surface area (Å²) in [5.74, 6) is 0.615. The third kappa shape index (κ3) is 6.31. The molecule has 2 unspecified atom stereocenters. The zero-order valence-electron chi connectivity index (χ0n) is 13.2. The van der Waals surface area contributed by atoms with E-state index in [2.05, 4.69) is 44.9 Å². The van der Waals surface area contributed by atoms with Crippen molar-refractivity contribution >= 4 is 11.3 Å². The maximum Gasteiger partial charge on any atom is 0.112 e. The lowest BCUT2D eigenvalue weighted by atomic mass is 10.1. The first kappa shape index (κ1) is 17.6. The first-order valence-corrected chi connectivity index (χ1v) is 8.14. The molecule has 0 radical (unpaired) electrons. The lowest BCUT2D eigenvalue weighted by molar-refractivity contribution is -0.0105. The molecule has 0 saturated carbocycles. The van der Waals surface area contributed by atoms with Gasteiger partial charge >= 0.3 is 0 Å². The third-order valence-electron chi connectivity index (χ3n) is 3.12. The molecule has 20 heavy (non-hydrogen) atoms. The maximum absolute atomic E-state index is 9.99. The summed E-state index contributed by atoms with van der Waals surface area (Å²) in [6.07, 6.45) is 2.52. The van der Waals surface area contributed by atoms with Gasteiger partial charge in [0.1, 0.15) is 5.01 Å². The summed E-state index contributed by atoms with van der Waals surface area (Å²) in [5.41, 5.74) is -0.224. The number of thiazole rings is 1. The summed E-state index contributed by atoms with van der Waals surface area (Å²) in [6, 6.07) is 0. The van der Waals surface area contributed by atoms with Crippen LogP contribution in [0.15, 0.2) is 11.6 Å². The number of ether oxygens (including phenoxy) is 1. The quantitative estimate of drug-likeness (QED) is 0.736.